The van der Waals surface area contributed by atoms with Crippen molar-refractivity contribution < 1.29 is 14.3 Å². The molecule has 5 nitrogen and oxygen atoms in total. The number of hydrogen-bond acceptors (Lipinski definition) is 3. The molecule has 2 rings (SSSR count). The first-order valence-corrected chi connectivity index (χ1v) is 4.08. The summed E-state index contributed by atoms with van der Waals surface area (Å²) in [6.45, 7) is 0. The fourth-order valence-electron chi connectivity index (χ4n) is 1.18. The lowest BCUT2D eigenvalue weighted by Gasteiger charge is -2.02. The summed E-state index contributed by atoms with van der Waals surface area (Å²) in [5.41, 5.74) is 0.324. The van der Waals surface area contributed by atoms with Crippen LogP contribution in [0.1, 0.15) is 10.6 Å². The first kappa shape index (κ1) is 9.32. The number of carboxylic acids is 1. The molecule has 0 atom stereocenters. The summed E-state index contributed by atoms with van der Waals surface area (Å²) in [5.74, 6) is -1.92. The number of carbonyl (C=O) groups is 1. The molecule has 0 unspecified atom stereocenters. The van der Waals surface area contributed by atoms with Gasteiger partial charge >= 0.3 is 5.97 Å². The molecule has 0 fully saturated rings. The Morgan fingerprint density at radius 1 is 1.47 bits per heavy atom. The molecule has 76 valence electrons. The van der Waals surface area contributed by atoms with E-state index in [-0.39, 0.29) is 5.82 Å². The predicted octanol–water partition coefficient (Wildman–Crippen LogP) is 1.10. The van der Waals surface area contributed by atoms with Gasteiger partial charge in [-0.25, -0.2) is 18.9 Å². The molecule has 0 aliphatic rings. The van der Waals surface area contributed by atoms with E-state index >= 15 is 0 Å². The second-order valence-electron chi connectivity index (χ2n) is 2.78. The van der Waals surface area contributed by atoms with Crippen LogP contribution in [0.4, 0.5) is 4.39 Å². The number of rotatable bonds is 2. The summed E-state index contributed by atoms with van der Waals surface area (Å²) in [5, 5.41) is 12.5. The second kappa shape index (κ2) is 3.49. The van der Waals surface area contributed by atoms with E-state index in [0.29, 0.717) is 5.69 Å². The number of aromatic carboxylic acids is 1. The van der Waals surface area contributed by atoms with Crippen LogP contribution in [0.25, 0.3) is 5.69 Å². The Morgan fingerprint density at radius 3 is 2.93 bits per heavy atom. The minimum Gasteiger partial charge on any atom is -0.475 e. The van der Waals surface area contributed by atoms with Gasteiger partial charge in [0.1, 0.15) is 12.1 Å². The van der Waals surface area contributed by atoms with Gasteiger partial charge in [0.05, 0.1) is 5.69 Å². The van der Waals surface area contributed by atoms with E-state index in [4.69, 9.17) is 5.11 Å². The van der Waals surface area contributed by atoms with Crippen LogP contribution in [0, 0.1) is 5.82 Å². The largest absolute Gasteiger partial charge is 0.475 e. The molecule has 15 heavy (non-hydrogen) atoms. The molecule has 0 aliphatic heterocycles. The van der Waals surface area contributed by atoms with Crippen LogP contribution >= 0.6 is 0 Å². The zero-order valence-electron chi connectivity index (χ0n) is 7.46. The van der Waals surface area contributed by atoms with Gasteiger partial charge in [-0.3, -0.25) is 0 Å². The zero-order chi connectivity index (χ0) is 10.8. The molecular weight excluding hydrogens is 201 g/mol. The summed E-state index contributed by atoms with van der Waals surface area (Å²) >= 11 is 0. The normalized spacial score (nSPS) is 10.2. The topological polar surface area (TPSA) is 68.0 Å². The molecule has 0 bridgehead atoms. The maximum absolute atomic E-state index is 12.9. The fraction of sp³-hybridized carbons (Fsp3) is 0. The van der Waals surface area contributed by atoms with Crippen LogP contribution in [-0.4, -0.2) is 25.8 Å². The highest BCUT2D eigenvalue weighted by atomic mass is 19.1. The first-order valence-electron chi connectivity index (χ1n) is 4.08. The van der Waals surface area contributed by atoms with Crippen molar-refractivity contribution in [2.45, 2.75) is 0 Å². The van der Waals surface area contributed by atoms with Crippen molar-refractivity contribution >= 4 is 5.97 Å². The number of nitrogens with zero attached hydrogens (tertiary/aromatic N) is 3. The molecule has 1 heterocycles. The highest BCUT2D eigenvalue weighted by Crippen LogP contribution is 2.10. The van der Waals surface area contributed by atoms with Gasteiger partial charge in [-0.2, -0.15) is 5.10 Å². The van der Waals surface area contributed by atoms with Crippen LogP contribution in [0.5, 0.6) is 0 Å². The van der Waals surface area contributed by atoms with E-state index < -0.39 is 11.8 Å². The Kier molecular flexibility index (Phi) is 2.17. The minimum absolute atomic E-state index is 0.249. The number of benzene rings is 1. The van der Waals surface area contributed by atoms with Crippen LogP contribution < -0.4 is 0 Å². The molecule has 0 amide bonds. The Morgan fingerprint density at radius 2 is 2.27 bits per heavy atom. The smallest absolute Gasteiger partial charge is 0.374 e. The Bertz CT molecular complexity index is 510. The fourth-order valence-corrected chi connectivity index (χ4v) is 1.18. The summed E-state index contributed by atoms with van der Waals surface area (Å²) in [7, 11) is 0. The van der Waals surface area contributed by atoms with E-state index in [1.54, 1.807) is 6.07 Å². The zero-order valence-corrected chi connectivity index (χ0v) is 7.46. The van der Waals surface area contributed by atoms with Crippen molar-refractivity contribution in [3.05, 3.63) is 42.2 Å². The lowest BCUT2D eigenvalue weighted by atomic mass is 10.3. The molecule has 1 N–H and O–H groups in total. The van der Waals surface area contributed by atoms with Gasteiger partial charge in [0, 0.05) is 0 Å². The van der Waals surface area contributed by atoms with Crippen molar-refractivity contribution in [3.63, 3.8) is 0 Å². The molecule has 6 heteroatoms. The van der Waals surface area contributed by atoms with Gasteiger partial charge in [0.15, 0.2) is 0 Å². The highest BCUT2D eigenvalue weighted by molar-refractivity contribution is 5.83. The molecule has 2 aromatic rings. The predicted molar refractivity (Wildman–Crippen MR) is 48.3 cm³/mol. The molecule has 0 radical (unpaired) electrons. The molecule has 1 aromatic carbocycles. The maximum Gasteiger partial charge on any atom is 0.374 e. The van der Waals surface area contributed by atoms with Crippen LogP contribution in [0.15, 0.2) is 30.6 Å². The average Bonchev–Trinajstić information content (AvgIpc) is 2.65. The molecular formula is C9H6FN3O2. The summed E-state index contributed by atoms with van der Waals surface area (Å²) in [4.78, 5) is 14.3. The molecule has 0 spiro atoms. The Labute approximate surface area is 83.8 Å². The minimum atomic E-state index is -1.21. The van der Waals surface area contributed by atoms with E-state index in [1.807, 2.05) is 0 Å². The maximum atomic E-state index is 12.9. The van der Waals surface area contributed by atoms with Gasteiger partial charge in [-0.15, -0.1) is 0 Å². The SMILES string of the molecule is O=C(O)c1ncnn1-c1cccc(F)c1. The third kappa shape index (κ3) is 1.69. The standard InChI is InChI=1S/C9H6FN3O2/c10-6-2-1-3-7(4-6)13-8(9(14)15)11-5-12-13/h1-5H,(H,14,15). The first-order chi connectivity index (χ1) is 7.18. The van der Waals surface area contributed by atoms with E-state index in [1.165, 1.54) is 18.2 Å². The van der Waals surface area contributed by atoms with Gasteiger partial charge in [-0.05, 0) is 18.2 Å². The van der Waals surface area contributed by atoms with Crippen LogP contribution in [0.2, 0.25) is 0 Å². The number of carboxylic acid groups (broad SMARTS) is 1. The quantitative estimate of drug-likeness (QED) is 0.800. The van der Waals surface area contributed by atoms with E-state index in [9.17, 15) is 9.18 Å². The van der Waals surface area contributed by atoms with Crippen LogP contribution in [-0.2, 0) is 0 Å². The van der Waals surface area contributed by atoms with Gasteiger partial charge in [0.25, 0.3) is 0 Å². The van der Waals surface area contributed by atoms with Gasteiger partial charge < -0.3 is 5.11 Å². The Balaban J connectivity index is 2.54. The van der Waals surface area contributed by atoms with Crippen molar-refractivity contribution in [1.29, 1.82) is 0 Å². The van der Waals surface area contributed by atoms with E-state index in [0.717, 1.165) is 11.0 Å². The monoisotopic (exact) mass is 207 g/mol. The lowest BCUT2D eigenvalue weighted by molar-refractivity contribution is 0.0680. The molecule has 1 aromatic heterocycles. The Hall–Kier alpha value is -2.24. The number of hydrogen-bond donors (Lipinski definition) is 1. The van der Waals surface area contributed by atoms with Crippen molar-refractivity contribution in [2.24, 2.45) is 0 Å². The van der Waals surface area contributed by atoms with Gasteiger partial charge in [0.2, 0.25) is 5.82 Å². The second-order valence-corrected chi connectivity index (χ2v) is 2.78. The molecule has 0 aliphatic carbocycles. The van der Waals surface area contributed by atoms with E-state index in [2.05, 4.69) is 10.1 Å². The van der Waals surface area contributed by atoms with Gasteiger partial charge in [-0.1, -0.05) is 6.07 Å². The summed E-state index contributed by atoms with van der Waals surface area (Å²) in [6.07, 6.45) is 1.11. The van der Waals surface area contributed by atoms with Crippen molar-refractivity contribution in [3.8, 4) is 5.69 Å². The summed E-state index contributed by atoms with van der Waals surface area (Å²) < 4.78 is 13.9. The number of aromatic nitrogens is 3. The molecule has 0 saturated heterocycles. The average molecular weight is 207 g/mol. The third-order valence-corrected chi connectivity index (χ3v) is 1.79. The highest BCUT2D eigenvalue weighted by Gasteiger charge is 2.13. The molecule has 0 saturated carbocycles. The van der Waals surface area contributed by atoms with Crippen molar-refractivity contribution in [2.75, 3.05) is 0 Å². The summed E-state index contributed by atoms with van der Waals surface area (Å²) in [6, 6.07) is 5.46. The lowest BCUT2D eigenvalue weighted by Crippen LogP contribution is -2.09. The van der Waals surface area contributed by atoms with Crippen LogP contribution in [0.3, 0.4) is 0 Å². The number of halogens is 1. The van der Waals surface area contributed by atoms with Crippen molar-refractivity contribution in [1.82, 2.24) is 14.8 Å². The third-order valence-electron chi connectivity index (χ3n) is 1.79.